The van der Waals surface area contributed by atoms with Crippen molar-refractivity contribution in [3.8, 4) is 5.75 Å². The number of piperazine rings is 1. The quantitative estimate of drug-likeness (QED) is 0.497. The first kappa shape index (κ1) is 27.3. The van der Waals surface area contributed by atoms with E-state index >= 15 is 0 Å². The first-order chi connectivity index (χ1) is 17.7. The Balaban J connectivity index is 1.48. The van der Waals surface area contributed by atoms with Crippen LogP contribution in [-0.2, 0) is 27.8 Å². The molecule has 4 rings (SSSR count). The Hall–Kier alpha value is -2.76. The van der Waals surface area contributed by atoms with Crippen LogP contribution in [0.2, 0.25) is 0 Å². The standard InChI is InChI=1S/C31H45N3O3/c1-6-14-31(27-9-7-16-32-27,25-12-10-23-11-13-26(37-5)21-24(23)20-25)15-8-17-33-18-19-34(22-28(33)35)29(36)30(2,3)4/h7,9,11,13,16,21,25,32H,6,8,10,12,14-15,17-20,22H2,1-5H3. The van der Waals surface area contributed by atoms with Crippen LogP contribution in [0.25, 0.3) is 0 Å². The molecule has 0 spiro atoms. The minimum absolute atomic E-state index is 0.0477. The summed E-state index contributed by atoms with van der Waals surface area (Å²) in [5, 5.41) is 0. The molecular formula is C31H45N3O3. The molecule has 1 saturated heterocycles. The normalized spacial score (nSPS) is 19.9. The highest BCUT2D eigenvalue weighted by molar-refractivity contribution is 5.88. The first-order valence-corrected chi connectivity index (χ1v) is 14.0. The maximum atomic E-state index is 13.0. The second-order valence-corrected chi connectivity index (χ2v) is 12.0. The average Bonchev–Trinajstić information content (AvgIpc) is 3.43. The molecule has 1 aromatic heterocycles. The van der Waals surface area contributed by atoms with Gasteiger partial charge in [-0.25, -0.2) is 0 Å². The maximum absolute atomic E-state index is 13.0. The van der Waals surface area contributed by atoms with Gasteiger partial charge in [0.15, 0.2) is 0 Å². The van der Waals surface area contributed by atoms with Gasteiger partial charge < -0.3 is 19.5 Å². The Morgan fingerprint density at radius 3 is 2.59 bits per heavy atom. The SMILES string of the molecule is CCCC(CCCN1CCN(C(=O)C(C)(C)C)CC1=O)(c1ccc[nH]1)C1CCc2ccc(OC)cc2C1. The lowest BCUT2D eigenvalue weighted by Gasteiger charge is -2.44. The zero-order valence-corrected chi connectivity index (χ0v) is 23.4. The monoisotopic (exact) mass is 507 g/mol. The van der Waals surface area contributed by atoms with E-state index in [0.29, 0.717) is 19.0 Å². The van der Waals surface area contributed by atoms with Crippen LogP contribution in [0.4, 0.5) is 0 Å². The zero-order chi connectivity index (χ0) is 26.6. The molecule has 2 aliphatic rings. The third kappa shape index (κ3) is 5.89. The number of benzene rings is 1. The summed E-state index contributed by atoms with van der Waals surface area (Å²) in [6.45, 7) is 10.2. The fourth-order valence-corrected chi connectivity index (χ4v) is 6.62. The van der Waals surface area contributed by atoms with Crippen molar-refractivity contribution in [2.75, 3.05) is 33.3 Å². The molecule has 2 aromatic rings. The number of aryl methyl sites for hydroxylation is 1. The van der Waals surface area contributed by atoms with Crippen LogP contribution in [0, 0.1) is 11.3 Å². The number of hydrogen-bond donors (Lipinski definition) is 1. The number of aromatic amines is 1. The van der Waals surface area contributed by atoms with Gasteiger partial charge >= 0.3 is 0 Å². The second-order valence-electron chi connectivity index (χ2n) is 12.0. The van der Waals surface area contributed by atoms with Crippen molar-refractivity contribution < 1.29 is 14.3 Å². The van der Waals surface area contributed by atoms with Crippen LogP contribution in [0.1, 0.15) is 76.6 Å². The largest absolute Gasteiger partial charge is 0.497 e. The van der Waals surface area contributed by atoms with Crippen molar-refractivity contribution in [1.82, 2.24) is 14.8 Å². The Kier molecular flexibility index (Phi) is 8.35. The van der Waals surface area contributed by atoms with Crippen molar-refractivity contribution >= 4 is 11.8 Å². The molecule has 0 bridgehead atoms. The topological polar surface area (TPSA) is 65.6 Å². The average molecular weight is 508 g/mol. The second kappa shape index (κ2) is 11.3. The lowest BCUT2D eigenvalue weighted by molar-refractivity contribution is -0.150. The highest BCUT2D eigenvalue weighted by Crippen LogP contribution is 2.46. The summed E-state index contributed by atoms with van der Waals surface area (Å²) in [5.41, 5.74) is 3.78. The zero-order valence-electron chi connectivity index (χ0n) is 23.4. The van der Waals surface area contributed by atoms with Crippen molar-refractivity contribution in [3.63, 3.8) is 0 Å². The van der Waals surface area contributed by atoms with E-state index in [1.54, 1.807) is 12.0 Å². The van der Waals surface area contributed by atoms with E-state index in [1.807, 2.05) is 25.7 Å². The summed E-state index contributed by atoms with van der Waals surface area (Å²) in [5.74, 6) is 1.59. The summed E-state index contributed by atoms with van der Waals surface area (Å²) >= 11 is 0. The predicted molar refractivity (Wildman–Crippen MR) is 148 cm³/mol. The van der Waals surface area contributed by atoms with E-state index in [9.17, 15) is 9.59 Å². The van der Waals surface area contributed by atoms with Gasteiger partial charge in [0.1, 0.15) is 5.75 Å². The molecule has 1 aliphatic carbocycles. The molecule has 6 heteroatoms. The molecule has 2 heterocycles. The third-order valence-corrected chi connectivity index (χ3v) is 8.55. The molecule has 37 heavy (non-hydrogen) atoms. The molecule has 0 saturated carbocycles. The van der Waals surface area contributed by atoms with E-state index in [1.165, 1.54) is 23.2 Å². The molecule has 202 valence electrons. The number of methoxy groups -OCH3 is 1. The Labute approximate surface area is 222 Å². The van der Waals surface area contributed by atoms with Crippen LogP contribution in [0.3, 0.4) is 0 Å². The van der Waals surface area contributed by atoms with Crippen molar-refractivity contribution in [2.45, 2.75) is 78.1 Å². The number of fused-ring (bicyclic) bond motifs is 1. The van der Waals surface area contributed by atoms with Gasteiger partial charge in [-0.15, -0.1) is 0 Å². The number of aromatic nitrogens is 1. The molecule has 1 aliphatic heterocycles. The van der Waals surface area contributed by atoms with Crippen LogP contribution >= 0.6 is 0 Å². The Morgan fingerprint density at radius 1 is 1.14 bits per heavy atom. The summed E-state index contributed by atoms with van der Waals surface area (Å²) in [4.78, 5) is 32.9. The number of hydrogen-bond acceptors (Lipinski definition) is 3. The van der Waals surface area contributed by atoms with Gasteiger partial charge in [0.05, 0.1) is 13.7 Å². The highest BCUT2D eigenvalue weighted by atomic mass is 16.5. The highest BCUT2D eigenvalue weighted by Gasteiger charge is 2.42. The molecule has 2 atom stereocenters. The summed E-state index contributed by atoms with van der Waals surface area (Å²) in [6, 6.07) is 10.9. The summed E-state index contributed by atoms with van der Waals surface area (Å²) in [7, 11) is 1.74. The fourth-order valence-electron chi connectivity index (χ4n) is 6.62. The summed E-state index contributed by atoms with van der Waals surface area (Å²) < 4.78 is 5.54. The fraction of sp³-hybridized carbons (Fsp3) is 0.613. The maximum Gasteiger partial charge on any atom is 0.242 e. The lowest BCUT2D eigenvalue weighted by Crippen LogP contribution is -2.54. The molecule has 1 fully saturated rings. The number of rotatable bonds is 9. The molecule has 2 unspecified atom stereocenters. The number of nitrogens with zero attached hydrogens (tertiary/aromatic N) is 2. The Morgan fingerprint density at radius 2 is 1.95 bits per heavy atom. The van der Waals surface area contributed by atoms with Crippen molar-refractivity contribution in [3.05, 3.63) is 53.3 Å². The van der Waals surface area contributed by atoms with Crippen LogP contribution < -0.4 is 4.74 Å². The van der Waals surface area contributed by atoms with Gasteiger partial charge in [-0.1, -0.05) is 40.2 Å². The summed E-state index contributed by atoms with van der Waals surface area (Å²) in [6.07, 6.45) is 9.61. The molecule has 6 nitrogen and oxygen atoms in total. The number of amides is 2. The molecule has 2 amide bonds. The predicted octanol–water partition coefficient (Wildman–Crippen LogP) is 5.36. The van der Waals surface area contributed by atoms with E-state index in [4.69, 9.17) is 4.74 Å². The molecule has 1 N–H and O–H groups in total. The van der Waals surface area contributed by atoms with E-state index in [0.717, 1.165) is 50.8 Å². The third-order valence-electron chi connectivity index (χ3n) is 8.55. The van der Waals surface area contributed by atoms with E-state index in [2.05, 4.69) is 48.4 Å². The van der Waals surface area contributed by atoms with Gasteiger partial charge in [0.25, 0.3) is 0 Å². The minimum atomic E-state index is -0.457. The molecule has 0 radical (unpaired) electrons. The van der Waals surface area contributed by atoms with Gasteiger partial charge in [-0.2, -0.15) is 0 Å². The number of nitrogens with one attached hydrogen (secondary N) is 1. The van der Waals surface area contributed by atoms with Crippen molar-refractivity contribution in [2.24, 2.45) is 11.3 Å². The lowest BCUT2D eigenvalue weighted by atomic mass is 9.61. The Bertz CT molecular complexity index is 1070. The van der Waals surface area contributed by atoms with E-state index in [-0.39, 0.29) is 23.8 Å². The van der Waals surface area contributed by atoms with Crippen LogP contribution in [-0.4, -0.2) is 59.9 Å². The number of H-pyrrole nitrogens is 1. The first-order valence-electron chi connectivity index (χ1n) is 14.0. The van der Waals surface area contributed by atoms with Gasteiger partial charge in [-0.3, -0.25) is 9.59 Å². The minimum Gasteiger partial charge on any atom is -0.497 e. The van der Waals surface area contributed by atoms with Crippen LogP contribution in [0.15, 0.2) is 36.5 Å². The number of ether oxygens (including phenoxy) is 1. The smallest absolute Gasteiger partial charge is 0.242 e. The van der Waals surface area contributed by atoms with Gasteiger partial charge in [0, 0.05) is 42.4 Å². The number of carbonyl (C=O) groups is 2. The van der Waals surface area contributed by atoms with Crippen molar-refractivity contribution in [1.29, 1.82) is 0 Å². The number of carbonyl (C=O) groups excluding carboxylic acids is 2. The van der Waals surface area contributed by atoms with Gasteiger partial charge in [0.2, 0.25) is 11.8 Å². The van der Waals surface area contributed by atoms with Crippen LogP contribution in [0.5, 0.6) is 5.75 Å². The van der Waals surface area contributed by atoms with E-state index < -0.39 is 5.41 Å². The molecular weight excluding hydrogens is 462 g/mol. The molecule has 1 aromatic carbocycles. The van der Waals surface area contributed by atoms with Gasteiger partial charge in [-0.05, 0) is 79.8 Å².